The predicted octanol–water partition coefficient (Wildman–Crippen LogP) is 5.35. The van der Waals surface area contributed by atoms with Crippen LogP contribution in [0.5, 0.6) is 11.5 Å². The lowest BCUT2D eigenvalue weighted by Crippen LogP contribution is -2.26. The number of alkyl halides is 4. The molecule has 1 aliphatic heterocycles. The van der Waals surface area contributed by atoms with Gasteiger partial charge in [-0.15, -0.1) is 10.6 Å². The Kier molecular flexibility index (Phi) is 4.60. The van der Waals surface area contributed by atoms with Gasteiger partial charge in [0.1, 0.15) is 11.5 Å². The molecule has 0 amide bonds. The lowest BCUT2D eigenvalue weighted by atomic mass is 10.0. The van der Waals surface area contributed by atoms with Gasteiger partial charge in [0.05, 0.1) is 22.1 Å². The number of nitriles is 1. The normalized spacial score (nSPS) is 20.8. The molecule has 1 heterocycles. The molecule has 0 aliphatic carbocycles. The molecule has 1 unspecified atom stereocenters. The van der Waals surface area contributed by atoms with E-state index in [1.807, 2.05) is 6.07 Å². The minimum absolute atomic E-state index is 0.0132. The second-order valence-electron chi connectivity index (χ2n) is 5.95. The quantitative estimate of drug-likeness (QED) is 0.601. The summed E-state index contributed by atoms with van der Waals surface area (Å²) >= 11 is 0. The smallest absolute Gasteiger partial charge is 0.371 e. The summed E-state index contributed by atoms with van der Waals surface area (Å²) in [7, 11) is -4.81. The summed E-state index contributed by atoms with van der Waals surface area (Å²) in [5.41, 5.74) is -1.21. The van der Waals surface area contributed by atoms with Gasteiger partial charge in [0.15, 0.2) is 6.10 Å². The molecule has 1 aliphatic rings. The van der Waals surface area contributed by atoms with Gasteiger partial charge in [0.2, 0.25) is 0 Å². The Bertz CT molecular complexity index is 959. The van der Waals surface area contributed by atoms with Crippen molar-refractivity contribution in [3.8, 4) is 17.6 Å². The topological polar surface area (TPSA) is 93.7 Å². The molecular weight excluding hydrogens is 390 g/mol. The van der Waals surface area contributed by atoms with E-state index in [0.29, 0.717) is 5.56 Å². The first-order valence-electron chi connectivity index (χ1n) is 7.49. The fourth-order valence-electron chi connectivity index (χ4n) is 2.91. The summed E-state index contributed by atoms with van der Waals surface area (Å²) < 4.78 is 80.2. The molecular formula is C17H13F4NO4S. The zero-order valence-corrected chi connectivity index (χ0v) is 14.5. The number of halogens is 4. The minimum Gasteiger partial charge on any atom is -0.457 e. The van der Waals surface area contributed by atoms with Gasteiger partial charge in [-0.25, -0.2) is 8.78 Å². The first-order valence-corrected chi connectivity index (χ1v) is 9.03. The van der Waals surface area contributed by atoms with Crippen molar-refractivity contribution in [3.63, 3.8) is 0 Å². The second-order valence-corrected chi connectivity index (χ2v) is 8.03. The second kappa shape index (κ2) is 6.38. The maximum atomic E-state index is 14.0. The van der Waals surface area contributed by atoms with E-state index in [9.17, 15) is 31.8 Å². The first kappa shape index (κ1) is 19.4. The Balaban J connectivity index is 2.17. The van der Waals surface area contributed by atoms with E-state index in [0.717, 1.165) is 12.1 Å². The van der Waals surface area contributed by atoms with Crippen molar-refractivity contribution in [1.29, 1.82) is 5.26 Å². The molecule has 0 saturated carbocycles. The molecule has 0 radical (unpaired) electrons. The number of hydrogen-bond donors (Lipinski definition) is 3. The number of ether oxygens (including phenoxy) is 1. The molecule has 2 aromatic rings. The van der Waals surface area contributed by atoms with E-state index >= 15 is 0 Å². The number of benzene rings is 2. The van der Waals surface area contributed by atoms with Crippen LogP contribution >= 0.6 is 10.6 Å². The van der Waals surface area contributed by atoms with Gasteiger partial charge in [0, 0.05) is 5.56 Å². The number of nitrogens with zero attached hydrogens (tertiary/aromatic N) is 1. The molecule has 3 rings (SSSR count). The molecule has 5 nitrogen and oxygen atoms in total. The van der Waals surface area contributed by atoms with Gasteiger partial charge in [0.25, 0.3) is 6.43 Å². The van der Waals surface area contributed by atoms with Crippen LogP contribution in [0.4, 0.5) is 17.6 Å². The van der Waals surface area contributed by atoms with Crippen LogP contribution in [0.3, 0.4) is 0 Å². The highest BCUT2D eigenvalue weighted by Gasteiger charge is 2.61. The Labute approximate surface area is 152 Å². The van der Waals surface area contributed by atoms with Gasteiger partial charge in [-0.05, 0) is 42.8 Å². The third-order valence-electron chi connectivity index (χ3n) is 4.11. The molecule has 0 aromatic heterocycles. The third-order valence-corrected chi connectivity index (χ3v) is 6.06. The minimum atomic E-state index is -4.81. The largest absolute Gasteiger partial charge is 0.457 e. The first-order chi connectivity index (χ1) is 12.5. The summed E-state index contributed by atoms with van der Waals surface area (Å²) in [6.07, 6.45) is -6.16. The van der Waals surface area contributed by atoms with Crippen molar-refractivity contribution in [2.75, 3.05) is 0 Å². The third kappa shape index (κ3) is 2.93. The van der Waals surface area contributed by atoms with E-state index in [1.54, 1.807) is 6.92 Å². The van der Waals surface area contributed by atoms with Crippen LogP contribution in [-0.4, -0.2) is 19.5 Å². The number of hydrogen-bond acceptors (Lipinski definition) is 5. The molecule has 3 N–H and O–H groups in total. The molecule has 0 bridgehead atoms. The monoisotopic (exact) mass is 403 g/mol. The molecule has 27 heavy (non-hydrogen) atoms. The van der Waals surface area contributed by atoms with Crippen LogP contribution in [0.1, 0.15) is 34.8 Å². The average Bonchev–Trinajstić information content (AvgIpc) is 2.71. The standard InChI is InChI=1S/C17H13F4NO4S/c1-8-4-9(7-22)6-10(5-8)26-11-2-3-12-14(13(11)16(18)19)15(23)17(20,21)27(12,24)25/h2-6,15-16,23-25H,1H3. The van der Waals surface area contributed by atoms with Gasteiger partial charge >= 0.3 is 5.25 Å². The molecule has 1 atom stereocenters. The zero-order chi connectivity index (χ0) is 20.1. The van der Waals surface area contributed by atoms with E-state index in [-0.39, 0.29) is 11.3 Å². The zero-order valence-electron chi connectivity index (χ0n) is 13.7. The van der Waals surface area contributed by atoms with Gasteiger partial charge in [-0.3, -0.25) is 9.11 Å². The van der Waals surface area contributed by atoms with E-state index < -0.39 is 50.1 Å². The van der Waals surface area contributed by atoms with Gasteiger partial charge in [-0.2, -0.15) is 14.0 Å². The van der Waals surface area contributed by atoms with Crippen LogP contribution < -0.4 is 4.74 Å². The van der Waals surface area contributed by atoms with Crippen LogP contribution in [0.2, 0.25) is 0 Å². The SMILES string of the molecule is Cc1cc(C#N)cc(Oc2ccc3c(c2C(F)F)C(O)C(F)(F)S3(O)O)c1. The van der Waals surface area contributed by atoms with E-state index in [1.165, 1.54) is 18.2 Å². The van der Waals surface area contributed by atoms with Crippen molar-refractivity contribution in [2.24, 2.45) is 0 Å². The Hall–Kier alpha value is -2.32. The number of aryl methyl sites for hydroxylation is 1. The van der Waals surface area contributed by atoms with Crippen LogP contribution in [-0.2, 0) is 0 Å². The van der Waals surface area contributed by atoms with Crippen molar-refractivity contribution >= 4 is 10.6 Å². The summed E-state index contributed by atoms with van der Waals surface area (Å²) in [4.78, 5) is -0.843. The lowest BCUT2D eigenvalue weighted by molar-refractivity contribution is -0.0448. The fraction of sp³-hybridized carbons (Fsp3) is 0.235. The molecule has 0 saturated heterocycles. The Morgan fingerprint density at radius 3 is 2.48 bits per heavy atom. The van der Waals surface area contributed by atoms with Gasteiger partial charge in [-0.1, -0.05) is 0 Å². The highest BCUT2D eigenvalue weighted by atomic mass is 32.3. The highest BCUT2D eigenvalue weighted by Crippen LogP contribution is 2.73. The molecule has 2 aromatic carbocycles. The van der Waals surface area contributed by atoms with Gasteiger partial charge < -0.3 is 9.84 Å². The summed E-state index contributed by atoms with van der Waals surface area (Å²) in [5, 5.41) is 14.4. The summed E-state index contributed by atoms with van der Waals surface area (Å²) in [6, 6.07) is 7.84. The molecule has 144 valence electrons. The van der Waals surface area contributed by atoms with Crippen LogP contribution in [0, 0.1) is 18.3 Å². The van der Waals surface area contributed by atoms with E-state index in [2.05, 4.69) is 0 Å². The Morgan fingerprint density at radius 2 is 1.89 bits per heavy atom. The fourth-order valence-corrected chi connectivity index (χ4v) is 4.42. The van der Waals surface area contributed by atoms with Crippen molar-refractivity contribution < 1.29 is 36.5 Å². The number of rotatable bonds is 3. The average molecular weight is 403 g/mol. The van der Waals surface area contributed by atoms with Crippen LogP contribution in [0.25, 0.3) is 0 Å². The summed E-state index contributed by atoms with van der Waals surface area (Å²) in [6.45, 7) is 1.64. The predicted molar refractivity (Wildman–Crippen MR) is 88.4 cm³/mol. The van der Waals surface area contributed by atoms with Crippen molar-refractivity contribution in [3.05, 3.63) is 52.6 Å². The van der Waals surface area contributed by atoms with Crippen molar-refractivity contribution in [1.82, 2.24) is 0 Å². The molecule has 10 heteroatoms. The number of aliphatic hydroxyl groups is 1. The number of fused-ring (bicyclic) bond motifs is 1. The molecule has 0 fully saturated rings. The maximum absolute atomic E-state index is 14.0. The van der Waals surface area contributed by atoms with E-state index in [4.69, 9.17) is 10.00 Å². The van der Waals surface area contributed by atoms with Crippen molar-refractivity contribution in [2.45, 2.75) is 29.6 Å². The number of aliphatic hydroxyl groups excluding tert-OH is 1. The summed E-state index contributed by atoms with van der Waals surface area (Å²) in [5.74, 6) is -0.524. The molecule has 0 spiro atoms. The highest BCUT2D eigenvalue weighted by molar-refractivity contribution is 8.25. The maximum Gasteiger partial charge on any atom is 0.371 e. The lowest BCUT2D eigenvalue weighted by Gasteiger charge is -2.34. The van der Waals surface area contributed by atoms with Crippen LogP contribution in [0.15, 0.2) is 35.2 Å². The Morgan fingerprint density at radius 1 is 1.22 bits per heavy atom.